The van der Waals surface area contributed by atoms with Gasteiger partial charge in [-0.15, -0.1) is 0 Å². The molecule has 1 aromatic carbocycles. The van der Waals surface area contributed by atoms with E-state index in [9.17, 15) is 19.8 Å². The van der Waals surface area contributed by atoms with Gasteiger partial charge < -0.3 is 24.9 Å². The Morgan fingerprint density at radius 3 is 2.66 bits per heavy atom. The van der Waals surface area contributed by atoms with Crippen LogP contribution in [-0.4, -0.2) is 95.3 Å². The first-order valence-electron chi connectivity index (χ1n) is 11.1. The van der Waals surface area contributed by atoms with E-state index in [4.69, 9.17) is 23.2 Å². The molecule has 2 heterocycles. The summed E-state index contributed by atoms with van der Waals surface area (Å²) in [4.78, 5) is 30.8. The summed E-state index contributed by atoms with van der Waals surface area (Å²) in [6, 6.07) is 5.18. The molecule has 3 rings (SSSR count). The summed E-state index contributed by atoms with van der Waals surface area (Å²) in [6.45, 7) is 4.29. The molecule has 0 saturated carbocycles. The van der Waals surface area contributed by atoms with Crippen LogP contribution in [0.15, 0.2) is 24.3 Å². The zero-order chi connectivity index (χ0) is 23.1. The van der Waals surface area contributed by atoms with Crippen LogP contribution in [0.3, 0.4) is 0 Å². The summed E-state index contributed by atoms with van der Waals surface area (Å²) in [5, 5.41) is 20.2. The molecule has 0 radical (unpaired) electrons. The highest BCUT2D eigenvalue weighted by molar-refractivity contribution is 6.42. The number of rotatable bonds is 7. The molecule has 2 fully saturated rings. The zero-order valence-corrected chi connectivity index (χ0v) is 19.6. The Morgan fingerprint density at radius 1 is 1.12 bits per heavy atom. The van der Waals surface area contributed by atoms with Gasteiger partial charge in [0.1, 0.15) is 0 Å². The van der Waals surface area contributed by atoms with Crippen LogP contribution in [0.5, 0.6) is 0 Å². The molecule has 2 aliphatic heterocycles. The number of benzene rings is 1. The number of likely N-dealkylation sites (tertiary alicyclic amines) is 1. The summed E-state index contributed by atoms with van der Waals surface area (Å²) in [5.74, 6) is -0.105. The molecule has 2 amide bonds. The van der Waals surface area contributed by atoms with Crippen LogP contribution in [0.2, 0.25) is 10.0 Å². The third kappa shape index (κ3) is 6.93. The molecule has 32 heavy (non-hydrogen) atoms. The molecule has 2 N–H and O–H groups in total. The monoisotopic (exact) mass is 483 g/mol. The van der Waals surface area contributed by atoms with E-state index in [1.54, 1.807) is 29.2 Å². The van der Waals surface area contributed by atoms with Crippen LogP contribution in [0, 0.1) is 5.92 Å². The van der Waals surface area contributed by atoms with Crippen LogP contribution in [-0.2, 0) is 9.59 Å². The smallest absolute Gasteiger partial charge is 0.246 e. The van der Waals surface area contributed by atoms with Gasteiger partial charge in [-0.05, 0) is 49.7 Å². The maximum absolute atomic E-state index is 12.6. The number of amides is 2. The van der Waals surface area contributed by atoms with Gasteiger partial charge in [0.15, 0.2) is 0 Å². The van der Waals surface area contributed by atoms with Crippen molar-refractivity contribution in [1.82, 2.24) is 14.7 Å². The first kappa shape index (κ1) is 25.0. The van der Waals surface area contributed by atoms with Gasteiger partial charge in [-0.25, -0.2) is 0 Å². The highest BCUT2D eigenvalue weighted by Crippen LogP contribution is 2.23. The Hall–Kier alpha value is -1.64. The predicted octanol–water partition coefficient (Wildman–Crippen LogP) is 2.13. The maximum atomic E-state index is 12.6. The van der Waals surface area contributed by atoms with E-state index in [1.165, 1.54) is 6.08 Å². The van der Waals surface area contributed by atoms with Gasteiger partial charge in [0.25, 0.3) is 0 Å². The van der Waals surface area contributed by atoms with Crippen molar-refractivity contribution >= 4 is 41.1 Å². The summed E-state index contributed by atoms with van der Waals surface area (Å²) in [7, 11) is 0. The Labute approximate surface area is 199 Å². The number of carbonyl (C=O) groups is 2. The normalized spacial score (nSPS) is 23.1. The number of β-amino-alcohol motifs (C(OH)–C–C–N with tert-alkyl or cyclic N) is 1. The van der Waals surface area contributed by atoms with Gasteiger partial charge in [-0.3, -0.25) is 9.59 Å². The highest BCUT2D eigenvalue weighted by atomic mass is 35.5. The SMILES string of the molecule is O=C(C=Cc1ccc(Cl)c(Cl)c1)N1CCC(=O)N(CCCN2CC[C@@H](CO)[C@@H](O)C2)CC1. The molecular formula is C23H31Cl2N3O4. The molecule has 7 nitrogen and oxygen atoms in total. The number of hydrogen-bond donors (Lipinski definition) is 2. The van der Waals surface area contributed by atoms with E-state index in [2.05, 4.69) is 4.90 Å². The number of carbonyl (C=O) groups excluding carboxylic acids is 2. The molecular weight excluding hydrogens is 453 g/mol. The van der Waals surface area contributed by atoms with Crippen molar-refractivity contribution in [1.29, 1.82) is 0 Å². The molecule has 2 atom stereocenters. The number of aliphatic hydroxyl groups excluding tert-OH is 2. The molecule has 176 valence electrons. The predicted molar refractivity (Wildman–Crippen MR) is 126 cm³/mol. The molecule has 0 aliphatic carbocycles. The molecule has 2 saturated heterocycles. The maximum Gasteiger partial charge on any atom is 0.246 e. The first-order chi connectivity index (χ1) is 15.4. The highest BCUT2D eigenvalue weighted by Gasteiger charge is 2.27. The minimum absolute atomic E-state index is 0.0230. The summed E-state index contributed by atoms with van der Waals surface area (Å²) in [5.41, 5.74) is 0.786. The molecule has 0 unspecified atom stereocenters. The minimum Gasteiger partial charge on any atom is -0.396 e. The summed E-state index contributed by atoms with van der Waals surface area (Å²) in [6.07, 6.45) is 4.61. The lowest BCUT2D eigenvalue weighted by atomic mass is 9.95. The van der Waals surface area contributed by atoms with Crippen LogP contribution >= 0.6 is 23.2 Å². The Bertz CT molecular complexity index is 835. The van der Waals surface area contributed by atoms with Crippen molar-refractivity contribution in [2.24, 2.45) is 5.92 Å². The largest absolute Gasteiger partial charge is 0.396 e. The Balaban J connectivity index is 1.44. The van der Waals surface area contributed by atoms with Crippen molar-refractivity contribution in [3.05, 3.63) is 39.9 Å². The van der Waals surface area contributed by atoms with E-state index in [0.29, 0.717) is 49.2 Å². The average Bonchev–Trinajstić information content (AvgIpc) is 2.96. The number of nitrogens with zero attached hydrogens (tertiary/aromatic N) is 3. The lowest BCUT2D eigenvalue weighted by molar-refractivity contribution is -0.130. The van der Waals surface area contributed by atoms with E-state index in [-0.39, 0.29) is 24.3 Å². The van der Waals surface area contributed by atoms with Gasteiger partial charge in [0.05, 0.1) is 16.1 Å². The molecule has 0 spiro atoms. The topological polar surface area (TPSA) is 84.3 Å². The second-order valence-corrected chi connectivity index (χ2v) is 9.23. The van der Waals surface area contributed by atoms with Gasteiger partial charge in [0, 0.05) is 57.7 Å². The lowest BCUT2D eigenvalue weighted by Crippen LogP contribution is -2.46. The van der Waals surface area contributed by atoms with Crippen LogP contribution < -0.4 is 0 Å². The van der Waals surface area contributed by atoms with Gasteiger partial charge >= 0.3 is 0 Å². The fourth-order valence-corrected chi connectivity index (χ4v) is 4.47. The lowest BCUT2D eigenvalue weighted by Gasteiger charge is -2.35. The molecule has 1 aromatic rings. The standard InChI is InChI=1S/C23H31Cl2N3O4/c24-19-4-2-17(14-20(19)25)3-5-22(31)28-11-7-23(32)27(12-13-28)9-1-8-26-10-6-18(16-29)21(30)15-26/h2-5,14,18,21,29-30H,1,6-13,15-16H2/t18-,21-/m0/s1. The minimum atomic E-state index is -0.495. The third-order valence-corrected chi connectivity index (χ3v) is 6.94. The van der Waals surface area contributed by atoms with Gasteiger partial charge in [0.2, 0.25) is 11.8 Å². The zero-order valence-electron chi connectivity index (χ0n) is 18.1. The summed E-state index contributed by atoms with van der Waals surface area (Å²) >= 11 is 11.9. The number of halogens is 2. The van der Waals surface area contributed by atoms with Crippen molar-refractivity contribution in [2.75, 3.05) is 52.4 Å². The number of aliphatic hydroxyl groups is 2. The van der Waals surface area contributed by atoms with Gasteiger partial charge in [-0.1, -0.05) is 29.3 Å². The Kier molecular flexibility index (Phi) is 9.37. The van der Waals surface area contributed by atoms with Crippen molar-refractivity contribution in [2.45, 2.75) is 25.4 Å². The average molecular weight is 484 g/mol. The second-order valence-electron chi connectivity index (χ2n) is 8.42. The first-order valence-corrected chi connectivity index (χ1v) is 11.8. The molecule has 0 bridgehead atoms. The molecule has 2 aliphatic rings. The second kappa shape index (κ2) is 12.0. The van der Waals surface area contributed by atoms with Crippen molar-refractivity contribution < 1.29 is 19.8 Å². The number of piperidine rings is 1. The Morgan fingerprint density at radius 2 is 1.94 bits per heavy atom. The number of hydrogen-bond acceptors (Lipinski definition) is 5. The van der Waals surface area contributed by atoms with Crippen molar-refractivity contribution in [3.63, 3.8) is 0 Å². The fraction of sp³-hybridized carbons (Fsp3) is 0.565. The van der Waals surface area contributed by atoms with E-state index < -0.39 is 6.10 Å². The van der Waals surface area contributed by atoms with Gasteiger partial charge in [-0.2, -0.15) is 0 Å². The molecule has 0 aromatic heterocycles. The quantitative estimate of drug-likeness (QED) is 0.580. The van der Waals surface area contributed by atoms with Crippen LogP contribution in [0.4, 0.5) is 0 Å². The fourth-order valence-electron chi connectivity index (χ4n) is 4.16. The van der Waals surface area contributed by atoms with E-state index >= 15 is 0 Å². The summed E-state index contributed by atoms with van der Waals surface area (Å²) < 4.78 is 0. The van der Waals surface area contributed by atoms with E-state index in [1.807, 2.05) is 4.90 Å². The molecule has 9 heteroatoms. The van der Waals surface area contributed by atoms with Crippen LogP contribution in [0.25, 0.3) is 6.08 Å². The van der Waals surface area contributed by atoms with Crippen LogP contribution in [0.1, 0.15) is 24.8 Å². The third-order valence-electron chi connectivity index (χ3n) is 6.20. The van der Waals surface area contributed by atoms with E-state index in [0.717, 1.165) is 31.5 Å². The van der Waals surface area contributed by atoms with Crippen molar-refractivity contribution in [3.8, 4) is 0 Å².